The molecule has 1 saturated heterocycles. The Kier molecular flexibility index (Phi) is 4.48. The van der Waals surface area contributed by atoms with Gasteiger partial charge in [-0.15, -0.1) is 0 Å². The fourth-order valence-corrected chi connectivity index (χ4v) is 3.47. The van der Waals surface area contributed by atoms with Gasteiger partial charge in [0.25, 0.3) is 0 Å². The quantitative estimate of drug-likeness (QED) is 0.716. The van der Waals surface area contributed by atoms with E-state index in [1.54, 1.807) is 11.8 Å². The fourth-order valence-electron chi connectivity index (χ4n) is 1.30. The molecule has 0 radical (unpaired) electrons. The minimum atomic E-state index is -0.609. The van der Waals surface area contributed by atoms with Crippen LogP contribution in [-0.2, 0) is 10.8 Å². The Bertz CT molecular complexity index is 134. The van der Waals surface area contributed by atoms with Crippen molar-refractivity contribution < 1.29 is 4.21 Å². The monoisotopic (exact) mass is 193 g/mol. The molecule has 2 nitrogen and oxygen atoms in total. The summed E-state index contributed by atoms with van der Waals surface area (Å²) in [6.07, 6.45) is 4.46. The normalized spacial score (nSPS) is 27.2. The molecule has 0 saturated carbocycles. The third-order valence-electron chi connectivity index (χ3n) is 1.80. The van der Waals surface area contributed by atoms with Crippen LogP contribution in [-0.4, -0.2) is 33.9 Å². The van der Waals surface area contributed by atoms with Gasteiger partial charge in [-0.05, 0) is 25.6 Å². The van der Waals surface area contributed by atoms with Crippen molar-refractivity contribution in [1.82, 2.24) is 5.32 Å². The van der Waals surface area contributed by atoms with E-state index < -0.39 is 10.8 Å². The largest absolute Gasteiger partial charge is 0.313 e. The molecule has 0 spiro atoms. The minimum absolute atomic E-state index is 0.531. The molecule has 0 aromatic rings. The van der Waals surface area contributed by atoms with Gasteiger partial charge in [0, 0.05) is 22.6 Å². The van der Waals surface area contributed by atoms with Gasteiger partial charge in [-0.3, -0.25) is 4.21 Å². The van der Waals surface area contributed by atoms with Crippen LogP contribution in [0.25, 0.3) is 0 Å². The van der Waals surface area contributed by atoms with E-state index in [1.165, 1.54) is 12.8 Å². The maximum absolute atomic E-state index is 11.2. The van der Waals surface area contributed by atoms with Gasteiger partial charge in [0.2, 0.25) is 0 Å². The highest BCUT2D eigenvalue weighted by atomic mass is 32.2. The molecule has 1 aliphatic heterocycles. The summed E-state index contributed by atoms with van der Waals surface area (Å²) >= 11 is 1.67. The Balaban J connectivity index is 2.13. The fraction of sp³-hybridized carbons (Fsp3) is 1.00. The molecule has 11 heavy (non-hydrogen) atoms. The molecular formula is C7H15NOS2. The summed E-state index contributed by atoms with van der Waals surface area (Å²) in [5, 5.41) is 4.13. The Morgan fingerprint density at radius 2 is 2.55 bits per heavy atom. The lowest BCUT2D eigenvalue weighted by molar-refractivity contribution is 0.645. The molecule has 0 amide bonds. The van der Waals surface area contributed by atoms with Crippen LogP contribution < -0.4 is 5.32 Å². The van der Waals surface area contributed by atoms with Crippen LogP contribution in [0.2, 0.25) is 0 Å². The highest BCUT2D eigenvalue weighted by Crippen LogP contribution is 2.07. The van der Waals surface area contributed by atoms with Gasteiger partial charge >= 0.3 is 0 Å². The molecule has 0 aromatic carbocycles. The maximum atomic E-state index is 11.2. The highest BCUT2D eigenvalue weighted by Gasteiger charge is 2.15. The van der Waals surface area contributed by atoms with E-state index in [0.29, 0.717) is 6.04 Å². The second-order valence-corrected chi connectivity index (χ2v) is 5.54. The number of hydrogen-bond acceptors (Lipinski definition) is 3. The van der Waals surface area contributed by atoms with Crippen molar-refractivity contribution in [2.24, 2.45) is 0 Å². The third kappa shape index (κ3) is 3.58. The molecular weight excluding hydrogens is 178 g/mol. The zero-order valence-electron chi connectivity index (χ0n) is 6.84. The van der Waals surface area contributed by atoms with E-state index in [0.717, 1.165) is 17.4 Å². The molecule has 1 rings (SSSR count). The lowest BCUT2D eigenvalue weighted by Crippen LogP contribution is -2.27. The van der Waals surface area contributed by atoms with Crippen LogP contribution >= 0.6 is 11.8 Å². The van der Waals surface area contributed by atoms with Gasteiger partial charge in [-0.1, -0.05) is 0 Å². The lowest BCUT2D eigenvalue weighted by Gasteiger charge is -2.07. The van der Waals surface area contributed by atoms with Crippen LogP contribution in [0.4, 0.5) is 0 Å². The first-order chi connectivity index (χ1) is 5.33. The van der Waals surface area contributed by atoms with Gasteiger partial charge in [0.05, 0.1) is 5.08 Å². The summed E-state index contributed by atoms with van der Waals surface area (Å²) in [4.78, 5) is 0. The van der Waals surface area contributed by atoms with Crippen LogP contribution in [0.1, 0.15) is 12.8 Å². The Morgan fingerprint density at radius 1 is 1.73 bits per heavy atom. The van der Waals surface area contributed by atoms with E-state index in [9.17, 15) is 4.21 Å². The van der Waals surface area contributed by atoms with E-state index in [2.05, 4.69) is 5.32 Å². The van der Waals surface area contributed by atoms with E-state index in [4.69, 9.17) is 0 Å². The number of thioether (sulfide) groups is 1. The second kappa shape index (κ2) is 5.17. The third-order valence-corrected chi connectivity index (χ3v) is 4.57. The predicted octanol–water partition coefficient (Wildman–Crippen LogP) is 0.808. The zero-order chi connectivity index (χ0) is 8.10. The molecule has 4 heteroatoms. The maximum Gasteiger partial charge on any atom is 0.0690 e. The predicted molar refractivity (Wildman–Crippen MR) is 52.4 cm³/mol. The number of hydrogen-bond donors (Lipinski definition) is 1. The molecule has 0 aliphatic carbocycles. The van der Waals surface area contributed by atoms with E-state index in [1.807, 2.05) is 6.26 Å². The van der Waals surface area contributed by atoms with Crippen molar-refractivity contribution in [3.63, 3.8) is 0 Å². The molecule has 1 aliphatic rings. The summed E-state index contributed by atoms with van der Waals surface area (Å²) in [5.41, 5.74) is 0. The SMILES string of the molecule is CSCS(=O)CC1CCCN1. The number of rotatable bonds is 4. The van der Waals surface area contributed by atoms with E-state index >= 15 is 0 Å². The summed E-state index contributed by atoms with van der Waals surface area (Å²) in [5.74, 6) is 0.848. The van der Waals surface area contributed by atoms with Crippen molar-refractivity contribution in [1.29, 1.82) is 0 Å². The van der Waals surface area contributed by atoms with E-state index in [-0.39, 0.29) is 0 Å². The first kappa shape index (κ1) is 9.55. The average molecular weight is 193 g/mol. The second-order valence-electron chi connectivity index (χ2n) is 2.81. The highest BCUT2D eigenvalue weighted by molar-refractivity contribution is 8.09. The van der Waals surface area contributed by atoms with Gasteiger partial charge in [-0.25, -0.2) is 0 Å². The molecule has 0 bridgehead atoms. The van der Waals surface area contributed by atoms with Crippen molar-refractivity contribution in [2.45, 2.75) is 18.9 Å². The summed E-state index contributed by atoms with van der Waals surface area (Å²) in [6, 6.07) is 0.531. The lowest BCUT2D eigenvalue weighted by atomic mass is 10.3. The van der Waals surface area contributed by atoms with Gasteiger partial charge < -0.3 is 5.32 Å². The summed E-state index contributed by atoms with van der Waals surface area (Å²) in [6.45, 7) is 1.11. The molecule has 66 valence electrons. The van der Waals surface area contributed by atoms with Crippen LogP contribution in [0.15, 0.2) is 0 Å². The number of nitrogens with one attached hydrogen (secondary N) is 1. The summed E-state index contributed by atoms with van der Waals surface area (Å²) < 4.78 is 11.2. The molecule has 1 fully saturated rings. The van der Waals surface area contributed by atoms with Crippen LogP contribution in [0.5, 0.6) is 0 Å². The van der Waals surface area contributed by atoms with Crippen molar-refractivity contribution >= 4 is 22.6 Å². The molecule has 0 aromatic heterocycles. The van der Waals surface area contributed by atoms with Crippen molar-refractivity contribution in [3.8, 4) is 0 Å². The standard InChI is InChI=1S/C7H15NOS2/c1-10-6-11(9)5-7-3-2-4-8-7/h7-8H,2-6H2,1H3. The molecule has 1 heterocycles. The minimum Gasteiger partial charge on any atom is -0.313 e. The molecule has 2 atom stereocenters. The smallest absolute Gasteiger partial charge is 0.0690 e. The van der Waals surface area contributed by atoms with Crippen LogP contribution in [0, 0.1) is 0 Å². The topological polar surface area (TPSA) is 29.1 Å². The zero-order valence-corrected chi connectivity index (χ0v) is 8.47. The molecule has 1 N–H and O–H groups in total. The first-order valence-electron chi connectivity index (χ1n) is 3.90. The van der Waals surface area contributed by atoms with Crippen molar-refractivity contribution in [2.75, 3.05) is 23.6 Å². The Hall–Kier alpha value is 0.460. The van der Waals surface area contributed by atoms with Crippen LogP contribution in [0.3, 0.4) is 0 Å². The summed E-state index contributed by atoms with van der Waals surface area (Å²) in [7, 11) is -0.609. The Labute approximate surface area is 75.0 Å². The van der Waals surface area contributed by atoms with Gasteiger partial charge in [-0.2, -0.15) is 11.8 Å². The Morgan fingerprint density at radius 3 is 3.09 bits per heavy atom. The van der Waals surface area contributed by atoms with Gasteiger partial charge in [0.1, 0.15) is 0 Å². The van der Waals surface area contributed by atoms with Gasteiger partial charge in [0.15, 0.2) is 0 Å². The average Bonchev–Trinajstić information content (AvgIpc) is 2.40. The van der Waals surface area contributed by atoms with Crippen molar-refractivity contribution in [3.05, 3.63) is 0 Å². The molecule has 2 unspecified atom stereocenters. The first-order valence-corrected chi connectivity index (χ1v) is 6.78.